The highest BCUT2D eigenvalue weighted by Gasteiger charge is 2.12. The molecule has 0 N–H and O–H groups in total. The van der Waals surface area contributed by atoms with Gasteiger partial charge in [-0.15, -0.1) is 0 Å². The van der Waals surface area contributed by atoms with Gasteiger partial charge < -0.3 is 0 Å². The van der Waals surface area contributed by atoms with E-state index in [0.29, 0.717) is 5.56 Å². The molecule has 1 unspecified atom stereocenters. The Kier molecular flexibility index (Phi) is 2.76. The van der Waals surface area contributed by atoms with Crippen LogP contribution in [0.15, 0.2) is 18.2 Å². The van der Waals surface area contributed by atoms with Crippen LogP contribution in [0, 0.1) is 11.6 Å². The summed E-state index contributed by atoms with van der Waals surface area (Å²) in [6, 6.07) is 3.14. The Morgan fingerprint density at radius 1 is 1.23 bits per heavy atom. The van der Waals surface area contributed by atoms with Gasteiger partial charge in [0.05, 0.1) is 0 Å². The summed E-state index contributed by atoms with van der Waals surface area (Å²) >= 11 is 0. The van der Waals surface area contributed by atoms with Crippen LogP contribution in [0.4, 0.5) is 8.78 Å². The SMILES string of the molecule is CC(=O)C(C)c1cc(F)cc(F)c1. The first kappa shape index (κ1) is 9.84. The molecule has 0 aliphatic carbocycles. The molecule has 1 aromatic rings. The molecule has 0 saturated heterocycles. The van der Waals surface area contributed by atoms with E-state index in [-0.39, 0.29) is 5.78 Å². The van der Waals surface area contributed by atoms with E-state index in [2.05, 4.69) is 0 Å². The number of ketones is 1. The molecule has 1 rings (SSSR count). The molecule has 0 fully saturated rings. The van der Waals surface area contributed by atoms with Gasteiger partial charge in [0.15, 0.2) is 0 Å². The van der Waals surface area contributed by atoms with Gasteiger partial charge in [-0.05, 0) is 24.6 Å². The van der Waals surface area contributed by atoms with Gasteiger partial charge in [0.25, 0.3) is 0 Å². The Morgan fingerprint density at radius 3 is 2.08 bits per heavy atom. The van der Waals surface area contributed by atoms with Crippen molar-refractivity contribution < 1.29 is 13.6 Å². The molecule has 13 heavy (non-hydrogen) atoms. The molecule has 1 atom stereocenters. The maximum absolute atomic E-state index is 12.7. The third-order valence-electron chi connectivity index (χ3n) is 1.99. The average Bonchev–Trinajstić information content (AvgIpc) is 2.01. The highest BCUT2D eigenvalue weighted by Crippen LogP contribution is 2.18. The standard InChI is InChI=1S/C10H10F2O/c1-6(7(2)13)8-3-9(11)5-10(12)4-8/h3-6H,1-2H3. The Morgan fingerprint density at radius 2 is 1.69 bits per heavy atom. The zero-order valence-electron chi connectivity index (χ0n) is 7.47. The molecule has 70 valence electrons. The van der Waals surface area contributed by atoms with Gasteiger partial charge in [-0.25, -0.2) is 8.78 Å². The number of carbonyl (C=O) groups is 1. The molecule has 0 saturated carbocycles. The Bertz CT molecular complexity index is 313. The van der Waals surface area contributed by atoms with E-state index < -0.39 is 17.6 Å². The largest absolute Gasteiger partial charge is 0.299 e. The van der Waals surface area contributed by atoms with E-state index in [1.165, 1.54) is 19.1 Å². The van der Waals surface area contributed by atoms with Crippen molar-refractivity contribution in [1.29, 1.82) is 0 Å². The van der Waals surface area contributed by atoms with Gasteiger partial charge in [-0.2, -0.15) is 0 Å². The highest BCUT2D eigenvalue weighted by atomic mass is 19.1. The summed E-state index contributed by atoms with van der Waals surface area (Å²) in [5.74, 6) is -1.86. The molecule has 0 bridgehead atoms. The number of hydrogen-bond donors (Lipinski definition) is 0. The third kappa shape index (κ3) is 2.34. The molecule has 0 aliphatic heterocycles. The van der Waals surface area contributed by atoms with E-state index in [1.54, 1.807) is 6.92 Å². The van der Waals surface area contributed by atoms with Crippen molar-refractivity contribution in [1.82, 2.24) is 0 Å². The summed E-state index contributed by atoms with van der Waals surface area (Å²) in [4.78, 5) is 10.9. The first-order chi connectivity index (χ1) is 6.00. The van der Waals surface area contributed by atoms with Gasteiger partial charge in [0, 0.05) is 12.0 Å². The number of rotatable bonds is 2. The fourth-order valence-corrected chi connectivity index (χ4v) is 1.06. The van der Waals surface area contributed by atoms with Gasteiger partial charge in [-0.3, -0.25) is 4.79 Å². The maximum atomic E-state index is 12.7. The molecular formula is C10H10F2O. The number of halogens is 2. The van der Waals surface area contributed by atoms with Crippen molar-refractivity contribution in [2.24, 2.45) is 0 Å². The summed E-state index contributed by atoms with van der Waals surface area (Å²) in [5, 5.41) is 0. The van der Waals surface area contributed by atoms with Gasteiger partial charge >= 0.3 is 0 Å². The highest BCUT2D eigenvalue weighted by molar-refractivity contribution is 5.82. The molecule has 3 heteroatoms. The van der Waals surface area contributed by atoms with Gasteiger partial charge in [0.1, 0.15) is 17.4 Å². The zero-order valence-corrected chi connectivity index (χ0v) is 7.47. The number of benzene rings is 1. The van der Waals surface area contributed by atoms with Crippen LogP contribution in [-0.4, -0.2) is 5.78 Å². The van der Waals surface area contributed by atoms with Crippen LogP contribution in [0.3, 0.4) is 0 Å². The molecule has 0 heterocycles. The first-order valence-corrected chi connectivity index (χ1v) is 3.97. The predicted molar refractivity (Wildman–Crippen MR) is 45.5 cm³/mol. The van der Waals surface area contributed by atoms with E-state index >= 15 is 0 Å². The Hall–Kier alpha value is -1.25. The topological polar surface area (TPSA) is 17.1 Å². The van der Waals surface area contributed by atoms with Crippen LogP contribution in [0.1, 0.15) is 25.3 Å². The summed E-state index contributed by atoms with van der Waals surface area (Å²) in [6.07, 6.45) is 0. The lowest BCUT2D eigenvalue weighted by atomic mass is 9.97. The second-order valence-electron chi connectivity index (χ2n) is 3.04. The summed E-state index contributed by atoms with van der Waals surface area (Å²) in [6.45, 7) is 3.02. The summed E-state index contributed by atoms with van der Waals surface area (Å²) in [7, 11) is 0. The zero-order chi connectivity index (χ0) is 10.0. The normalized spacial score (nSPS) is 12.6. The molecule has 0 aromatic heterocycles. The van der Waals surface area contributed by atoms with Crippen LogP contribution < -0.4 is 0 Å². The summed E-state index contributed by atoms with van der Waals surface area (Å²) < 4.78 is 25.4. The van der Waals surface area contributed by atoms with Gasteiger partial charge in [-0.1, -0.05) is 6.92 Å². The van der Waals surface area contributed by atoms with Crippen molar-refractivity contribution in [2.75, 3.05) is 0 Å². The van der Waals surface area contributed by atoms with Crippen molar-refractivity contribution >= 4 is 5.78 Å². The fraction of sp³-hybridized carbons (Fsp3) is 0.300. The summed E-state index contributed by atoms with van der Waals surface area (Å²) in [5.41, 5.74) is 0.380. The van der Waals surface area contributed by atoms with Crippen LogP contribution in [-0.2, 0) is 4.79 Å². The number of hydrogen-bond acceptors (Lipinski definition) is 1. The van der Waals surface area contributed by atoms with Crippen LogP contribution in [0.5, 0.6) is 0 Å². The van der Waals surface area contributed by atoms with E-state index in [9.17, 15) is 13.6 Å². The maximum Gasteiger partial charge on any atom is 0.136 e. The third-order valence-corrected chi connectivity index (χ3v) is 1.99. The minimum Gasteiger partial charge on any atom is -0.299 e. The molecular weight excluding hydrogens is 174 g/mol. The predicted octanol–water partition coefficient (Wildman–Crippen LogP) is 2.66. The van der Waals surface area contributed by atoms with Crippen LogP contribution >= 0.6 is 0 Å². The fourth-order valence-electron chi connectivity index (χ4n) is 1.06. The lowest BCUT2D eigenvalue weighted by Crippen LogP contribution is -2.04. The minimum absolute atomic E-state index is 0.106. The van der Waals surface area contributed by atoms with Crippen LogP contribution in [0.25, 0.3) is 0 Å². The minimum atomic E-state index is -0.650. The molecule has 1 nitrogen and oxygen atoms in total. The lowest BCUT2D eigenvalue weighted by Gasteiger charge is -2.07. The van der Waals surface area contributed by atoms with Crippen molar-refractivity contribution in [3.63, 3.8) is 0 Å². The second-order valence-corrected chi connectivity index (χ2v) is 3.04. The smallest absolute Gasteiger partial charge is 0.136 e. The number of carbonyl (C=O) groups excluding carboxylic acids is 1. The van der Waals surface area contributed by atoms with Crippen LogP contribution in [0.2, 0.25) is 0 Å². The molecule has 0 spiro atoms. The number of Topliss-reactive ketones (excluding diaryl/α,β-unsaturated/α-hetero) is 1. The van der Waals surface area contributed by atoms with E-state index in [1.807, 2.05) is 0 Å². The molecule has 1 aromatic carbocycles. The van der Waals surface area contributed by atoms with E-state index in [0.717, 1.165) is 6.07 Å². The van der Waals surface area contributed by atoms with Crippen molar-refractivity contribution in [2.45, 2.75) is 19.8 Å². The first-order valence-electron chi connectivity index (χ1n) is 3.97. The molecule has 0 radical (unpaired) electrons. The second kappa shape index (κ2) is 3.64. The van der Waals surface area contributed by atoms with E-state index in [4.69, 9.17) is 0 Å². The molecule has 0 amide bonds. The average molecular weight is 184 g/mol. The van der Waals surface area contributed by atoms with Crippen molar-refractivity contribution in [3.8, 4) is 0 Å². The monoisotopic (exact) mass is 184 g/mol. The Balaban J connectivity index is 3.07. The Labute approximate surface area is 75.4 Å². The van der Waals surface area contributed by atoms with Crippen molar-refractivity contribution in [3.05, 3.63) is 35.4 Å². The quantitative estimate of drug-likeness (QED) is 0.690. The molecule has 0 aliphatic rings. The van der Waals surface area contributed by atoms with Gasteiger partial charge in [0.2, 0.25) is 0 Å². The lowest BCUT2D eigenvalue weighted by molar-refractivity contribution is -0.118.